The molecule has 0 bridgehead atoms. The van der Waals surface area contributed by atoms with Gasteiger partial charge < -0.3 is 10.2 Å². The van der Waals surface area contributed by atoms with Crippen LogP contribution in [0.1, 0.15) is 53.4 Å². The van der Waals surface area contributed by atoms with Crippen molar-refractivity contribution in [1.82, 2.24) is 10.2 Å². The van der Waals surface area contributed by atoms with Crippen molar-refractivity contribution in [1.29, 1.82) is 0 Å². The molecule has 1 heterocycles. The maximum Gasteiger partial charge on any atom is 0.243 e. The van der Waals surface area contributed by atoms with Gasteiger partial charge in [0.05, 0.1) is 5.37 Å². The first-order chi connectivity index (χ1) is 9.51. The lowest BCUT2D eigenvalue weighted by Gasteiger charge is -2.29. The maximum absolute atomic E-state index is 12.3. The van der Waals surface area contributed by atoms with Crippen molar-refractivity contribution in [2.45, 2.75) is 64.8 Å². The van der Waals surface area contributed by atoms with E-state index in [-0.39, 0.29) is 23.2 Å². The lowest BCUT2D eigenvalue weighted by atomic mass is 10.1. The fourth-order valence-corrected chi connectivity index (χ4v) is 4.04. The van der Waals surface area contributed by atoms with Gasteiger partial charge in [-0.15, -0.1) is 11.8 Å². The molecular formula is C15H28N2O2S. The fraction of sp³-hybridized carbons (Fsp3) is 0.867. The molecule has 0 aromatic heterocycles. The second-order valence-electron chi connectivity index (χ2n) is 5.73. The van der Waals surface area contributed by atoms with Crippen LogP contribution in [-0.4, -0.2) is 40.4 Å². The molecule has 5 heteroatoms. The van der Waals surface area contributed by atoms with E-state index in [1.165, 1.54) is 0 Å². The Morgan fingerprint density at radius 1 is 1.35 bits per heavy atom. The molecule has 0 aromatic carbocycles. The number of thioether (sulfide) groups is 1. The molecule has 0 aromatic rings. The number of carbonyl (C=O) groups excluding carboxylic acids is 2. The molecule has 4 nitrogen and oxygen atoms in total. The van der Waals surface area contributed by atoms with E-state index in [1.807, 2.05) is 11.8 Å². The van der Waals surface area contributed by atoms with E-state index in [1.54, 1.807) is 11.8 Å². The Morgan fingerprint density at radius 3 is 2.60 bits per heavy atom. The highest BCUT2D eigenvalue weighted by Crippen LogP contribution is 2.33. The first-order valence-electron chi connectivity index (χ1n) is 7.71. The zero-order valence-corrected chi connectivity index (χ0v) is 14.0. The molecule has 0 aliphatic carbocycles. The van der Waals surface area contributed by atoms with Gasteiger partial charge in [-0.25, -0.2) is 0 Å². The number of hydrogen-bond acceptors (Lipinski definition) is 3. The van der Waals surface area contributed by atoms with Crippen LogP contribution in [-0.2, 0) is 9.59 Å². The van der Waals surface area contributed by atoms with Gasteiger partial charge in [-0.1, -0.05) is 34.1 Å². The molecule has 0 spiro atoms. The number of rotatable bonds is 7. The van der Waals surface area contributed by atoms with Gasteiger partial charge in [-0.3, -0.25) is 9.59 Å². The summed E-state index contributed by atoms with van der Waals surface area (Å²) in [5, 5.41) is 3.12. The topological polar surface area (TPSA) is 49.4 Å². The average molecular weight is 300 g/mol. The summed E-state index contributed by atoms with van der Waals surface area (Å²) in [7, 11) is 0. The summed E-state index contributed by atoms with van der Waals surface area (Å²) in [6.07, 6.45) is 3.47. The van der Waals surface area contributed by atoms with E-state index < -0.39 is 0 Å². The van der Waals surface area contributed by atoms with Crippen molar-refractivity contribution in [3.8, 4) is 0 Å². The third kappa shape index (κ3) is 4.69. The van der Waals surface area contributed by atoms with Crippen LogP contribution in [0.3, 0.4) is 0 Å². The number of hydrogen-bond donors (Lipinski definition) is 1. The Labute approximate surface area is 127 Å². The molecule has 0 saturated carbocycles. The van der Waals surface area contributed by atoms with E-state index in [0.717, 1.165) is 25.0 Å². The molecule has 1 rings (SSSR count). The van der Waals surface area contributed by atoms with Crippen LogP contribution in [0.4, 0.5) is 0 Å². The van der Waals surface area contributed by atoms with Crippen molar-refractivity contribution in [2.75, 3.05) is 12.3 Å². The zero-order valence-electron chi connectivity index (χ0n) is 13.1. The summed E-state index contributed by atoms with van der Waals surface area (Å²) >= 11 is 1.74. The van der Waals surface area contributed by atoms with Gasteiger partial charge in [0.25, 0.3) is 0 Å². The third-order valence-corrected chi connectivity index (χ3v) is 4.80. The van der Waals surface area contributed by atoms with Gasteiger partial charge in [0, 0.05) is 18.7 Å². The van der Waals surface area contributed by atoms with Gasteiger partial charge >= 0.3 is 0 Å². The number of amides is 2. The van der Waals surface area contributed by atoms with Crippen molar-refractivity contribution in [2.24, 2.45) is 5.92 Å². The van der Waals surface area contributed by atoms with Crippen LogP contribution >= 0.6 is 11.8 Å². The molecule has 2 amide bonds. The molecule has 2 unspecified atom stereocenters. The predicted octanol–water partition coefficient (Wildman–Crippen LogP) is 2.63. The Kier molecular flexibility index (Phi) is 7.41. The Morgan fingerprint density at radius 2 is 2.05 bits per heavy atom. The SMILES string of the molecule is CCCCNC(=O)C1CSC(CC(C)C)N1C(=O)CC. The highest BCUT2D eigenvalue weighted by molar-refractivity contribution is 8.00. The number of nitrogens with one attached hydrogen (secondary N) is 1. The normalized spacial score (nSPS) is 22.4. The van der Waals surface area contributed by atoms with Gasteiger partial charge in [0.15, 0.2) is 0 Å². The number of nitrogens with zero attached hydrogens (tertiary/aromatic N) is 1. The first kappa shape index (κ1) is 17.3. The summed E-state index contributed by atoms with van der Waals surface area (Å²) in [5.41, 5.74) is 0. The Bertz CT molecular complexity index is 334. The molecule has 116 valence electrons. The molecule has 1 N–H and O–H groups in total. The first-order valence-corrected chi connectivity index (χ1v) is 8.76. The Hall–Kier alpha value is -0.710. The van der Waals surface area contributed by atoms with Crippen molar-refractivity contribution in [3.63, 3.8) is 0 Å². The van der Waals surface area contributed by atoms with E-state index in [4.69, 9.17) is 0 Å². The molecule has 0 radical (unpaired) electrons. The van der Waals surface area contributed by atoms with Crippen LogP contribution in [0.5, 0.6) is 0 Å². The average Bonchev–Trinajstić information content (AvgIpc) is 2.81. The van der Waals surface area contributed by atoms with Gasteiger partial charge in [-0.2, -0.15) is 0 Å². The lowest BCUT2D eigenvalue weighted by molar-refractivity contribution is -0.139. The molecule has 1 saturated heterocycles. The van der Waals surface area contributed by atoms with E-state index in [0.29, 0.717) is 18.9 Å². The maximum atomic E-state index is 12.3. The highest BCUT2D eigenvalue weighted by atomic mass is 32.2. The van der Waals surface area contributed by atoms with Crippen LogP contribution in [0.15, 0.2) is 0 Å². The molecule has 1 aliphatic heterocycles. The molecule has 1 fully saturated rings. The molecule has 20 heavy (non-hydrogen) atoms. The standard InChI is InChI=1S/C15H28N2O2S/c1-5-7-8-16-15(19)12-10-20-14(9-11(3)4)17(12)13(18)6-2/h11-12,14H,5-10H2,1-4H3,(H,16,19). The second kappa shape index (κ2) is 8.55. The number of unbranched alkanes of at least 4 members (excludes halogenated alkanes) is 1. The van der Waals surface area contributed by atoms with Crippen molar-refractivity contribution < 1.29 is 9.59 Å². The van der Waals surface area contributed by atoms with E-state index >= 15 is 0 Å². The van der Waals surface area contributed by atoms with Crippen molar-refractivity contribution >= 4 is 23.6 Å². The Balaban J connectivity index is 2.69. The largest absolute Gasteiger partial charge is 0.354 e. The van der Waals surface area contributed by atoms with Crippen molar-refractivity contribution in [3.05, 3.63) is 0 Å². The molecule has 2 atom stereocenters. The molecular weight excluding hydrogens is 272 g/mol. The van der Waals surface area contributed by atoms with Gasteiger partial charge in [-0.05, 0) is 18.8 Å². The minimum absolute atomic E-state index is 0.0130. The zero-order chi connectivity index (χ0) is 15.1. The third-order valence-electron chi connectivity index (χ3n) is 3.49. The summed E-state index contributed by atoms with van der Waals surface area (Å²) in [6.45, 7) is 8.99. The second-order valence-corrected chi connectivity index (χ2v) is 6.94. The summed E-state index contributed by atoms with van der Waals surface area (Å²) in [4.78, 5) is 26.3. The van der Waals surface area contributed by atoms with Gasteiger partial charge in [0.1, 0.15) is 6.04 Å². The van der Waals surface area contributed by atoms with Crippen LogP contribution in [0, 0.1) is 5.92 Å². The summed E-state index contributed by atoms with van der Waals surface area (Å²) < 4.78 is 0. The van der Waals surface area contributed by atoms with Gasteiger partial charge in [0.2, 0.25) is 11.8 Å². The van der Waals surface area contributed by atoms with Crippen LogP contribution in [0.25, 0.3) is 0 Å². The monoisotopic (exact) mass is 300 g/mol. The van der Waals surface area contributed by atoms with Crippen LogP contribution in [0.2, 0.25) is 0 Å². The lowest BCUT2D eigenvalue weighted by Crippen LogP contribution is -2.50. The van der Waals surface area contributed by atoms with Crippen LogP contribution < -0.4 is 5.32 Å². The predicted molar refractivity (Wildman–Crippen MR) is 84.5 cm³/mol. The highest BCUT2D eigenvalue weighted by Gasteiger charge is 2.40. The fourth-order valence-electron chi connectivity index (χ4n) is 2.37. The minimum Gasteiger partial charge on any atom is -0.354 e. The number of carbonyl (C=O) groups is 2. The van der Waals surface area contributed by atoms with E-state index in [2.05, 4.69) is 26.1 Å². The summed E-state index contributed by atoms with van der Waals surface area (Å²) in [5.74, 6) is 1.36. The smallest absolute Gasteiger partial charge is 0.243 e. The van der Waals surface area contributed by atoms with E-state index in [9.17, 15) is 9.59 Å². The molecule has 1 aliphatic rings. The quantitative estimate of drug-likeness (QED) is 0.735. The minimum atomic E-state index is -0.284. The summed E-state index contributed by atoms with van der Waals surface area (Å²) in [6, 6.07) is -0.284.